The standard InChI is InChI=1S/C16H15FN2O2S2.ClH/c1-18-9-12-8-16(13-6-7-22-11-13)19(10-12)23(20,21)15-4-2-14(17)3-5-15;/h2-8,10-11,18H,9H2,1H3;1H. The molecule has 1 N–H and O–H groups in total. The van der Waals surface area contributed by atoms with Crippen LogP contribution in [0.1, 0.15) is 5.56 Å². The van der Waals surface area contributed by atoms with E-state index in [2.05, 4.69) is 5.32 Å². The van der Waals surface area contributed by atoms with Crippen molar-refractivity contribution in [3.63, 3.8) is 0 Å². The van der Waals surface area contributed by atoms with E-state index in [-0.39, 0.29) is 17.3 Å². The summed E-state index contributed by atoms with van der Waals surface area (Å²) in [7, 11) is -1.98. The summed E-state index contributed by atoms with van der Waals surface area (Å²) in [4.78, 5) is 0.0574. The highest BCUT2D eigenvalue weighted by Crippen LogP contribution is 2.28. The molecule has 4 nitrogen and oxygen atoms in total. The van der Waals surface area contributed by atoms with Gasteiger partial charge in [-0.05, 0) is 54.4 Å². The fourth-order valence-corrected chi connectivity index (χ4v) is 4.39. The molecule has 0 atom stereocenters. The highest BCUT2D eigenvalue weighted by molar-refractivity contribution is 7.90. The smallest absolute Gasteiger partial charge is 0.268 e. The first-order valence-corrected chi connectivity index (χ1v) is 9.30. The molecule has 0 spiro atoms. The predicted molar refractivity (Wildman–Crippen MR) is 96.7 cm³/mol. The summed E-state index contributed by atoms with van der Waals surface area (Å²) in [5.74, 6) is -0.467. The molecule has 8 heteroatoms. The van der Waals surface area contributed by atoms with Crippen molar-refractivity contribution in [2.75, 3.05) is 7.05 Å². The Bertz CT molecular complexity index is 904. The van der Waals surface area contributed by atoms with Crippen LogP contribution in [0.3, 0.4) is 0 Å². The zero-order valence-electron chi connectivity index (χ0n) is 12.8. The summed E-state index contributed by atoms with van der Waals surface area (Å²) in [6.45, 7) is 0.559. The highest BCUT2D eigenvalue weighted by Gasteiger charge is 2.22. The zero-order chi connectivity index (χ0) is 16.4. The fourth-order valence-electron chi connectivity index (χ4n) is 2.34. The zero-order valence-corrected chi connectivity index (χ0v) is 15.2. The molecule has 0 aliphatic rings. The topological polar surface area (TPSA) is 51.1 Å². The Balaban J connectivity index is 0.00000208. The molecule has 0 unspecified atom stereocenters. The van der Waals surface area contributed by atoms with Gasteiger partial charge in [-0.1, -0.05) is 0 Å². The van der Waals surface area contributed by atoms with Crippen molar-refractivity contribution in [3.05, 3.63) is 64.7 Å². The van der Waals surface area contributed by atoms with Gasteiger partial charge in [0, 0.05) is 23.7 Å². The maximum atomic E-state index is 13.1. The molecule has 0 saturated heterocycles. The van der Waals surface area contributed by atoms with E-state index in [0.717, 1.165) is 23.3 Å². The van der Waals surface area contributed by atoms with Gasteiger partial charge >= 0.3 is 0 Å². The van der Waals surface area contributed by atoms with Crippen molar-refractivity contribution >= 4 is 33.8 Å². The molecule has 0 saturated carbocycles. The minimum Gasteiger partial charge on any atom is -0.316 e. The summed E-state index contributed by atoms with van der Waals surface area (Å²) in [6, 6.07) is 8.57. The van der Waals surface area contributed by atoms with Crippen LogP contribution in [0.25, 0.3) is 11.3 Å². The number of nitrogens with one attached hydrogen (secondary N) is 1. The molecule has 0 aliphatic carbocycles. The van der Waals surface area contributed by atoms with Gasteiger partial charge < -0.3 is 5.32 Å². The van der Waals surface area contributed by atoms with Gasteiger partial charge in [0.05, 0.1) is 10.6 Å². The molecule has 1 aromatic carbocycles. The molecule has 128 valence electrons. The monoisotopic (exact) mass is 386 g/mol. The number of thiophene rings is 1. The normalized spacial score (nSPS) is 11.2. The molecule has 2 aromatic heterocycles. The van der Waals surface area contributed by atoms with Gasteiger partial charge in [0.2, 0.25) is 0 Å². The minimum absolute atomic E-state index is 0. The second kappa shape index (κ2) is 7.48. The third kappa shape index (κ3) is 3.54. The predicted octanol–water partition coefficient (Wildman–Crippen LogP) is 3.73. The van der Waals surface area contributed by atoms with Gasteiger partial charge in [-0.15, -0.1) is 12.4 Å². The quantitative estimate of drug-likeness (QED) is 0.726. The Kier molecular flexibility index (Phi) is 5.82. The van der Waals surface area contributed by atoms with E-state index in [1.165, 1.54) is 27.4 Å². The van der Waals surface area contributed by atoms with Crippen LogP contribution in [0.2, 0.25) is 0 Å². The van der Waals surface area contributed by atoms with Gasteiger partial charge in [-0.25, -0.2) is 16.8 Å². The summed E-state index contributed by atoms with van der Waals surface area (Å²) in [6.07, 6.45) is 1.60. The van der Waals surface area contributed by atoms with E-state index in [4.69, 9.17) is 0 Å². The van der Waals surface area contributed by atoms with Crippen LogP contribution in [-0.2, 0) is 16.6 Å². The van der Waals surface area contributed by atoms with E-state index < -0.39 is 15.8 Å². The van der Waals surface area contributed by atoms with Gasteiger partial charge in [0.1, 0.15) is 5.82 Å². The van der Waals surface area contributed by atoms with Crippen molar-refractivity contribution in [2.45, 2.75) is 11.4 Å². The van der Waals surface area contributed by atoms with Gasteiger partial charge in [0.15, 0.2) is 0 Å². The van der Waals surface area contributed by atoms with E-state index in [0.29, 0.717) is 12.2 Å². The van der Waals surface area contributed by atoms with E-state index in [1.54, 1.807) is 13.2 Å². The lowest BCUT2D eigenvalue weighted by Crippen LogP contribution is -2.13. The van der Waals surface area contributed by atoms with Gasteiger partial charge in [0.25, 0.3) is 10.0 Å². The Hall–Kier alpha value is -1.67. The first kappa shape index (κ1) is 18.7. The lowest BCUT2D eigenvalue weighted by molar-refractivity contribution is 0.587. The molecule has 0 fully saturated rings. The molecule has 0 radical (unpaired) electrons. The van der Waals surface area contributed by atoms with Crippen LogP contribution < -0.4 is 5.32 Å². The SMILES string of the molecule is CNCc1cc(-c2ccsc2)n(S(=O)(=O)c2ccc(F)cc2)c1.Cl. The van der Waals surface area contributed by atoms with Crippen LogP contribution in [-0.4, -0.2) is 19.4 Å². The molecule has 0 aliphatic heterocycles. The number of benzene rings is 1. The van der Waals surface area contributed by atoms with Crippen LogP contribution in [0.4, 0.5) is 4.39 Å². The first-order valence-electron chi connectivity index (χ1n) is 6.92. The lowest BCUT2D eigenvalue weighted by atomic mass is 10.2. The lowest BCUT2D eigenvalue weighted by Gasteiger charge is -2.09. The summed E-state index contributed by atoms with van der Waals surface area (Å²) >= 11 is 1.50. The maximum Gasteiger partial charge on any atom is 0.268 e. The van der Waals surface area contributed by atoms with E-state index >= 15 is 0 Å². The minimum atomic E-state index is -3.78. The molecule has 0 amide bonds. The second-order valence-corrected chi connectivity index (χ2v) is 7.63. The number of rotatable bonds is 5. The van der Waals surface area contributed by atoms with Gasteiger partial charge in [-0.2, -0.15) is 11.3 Å². The molecule has 0 bridgehead atoms. The molecular weight excluding hydrogens is 371 g/mol. The van der Waals surface area contributed by atoms with Crippen molar-refractivity contribution in [3.8, 4) is 11.3 Å². The molecule has 3 rings (SSSR count). The van der Waals surface area contributed by atoms with Crippen molar-refractivity contribution < 1.29 is 12.8 Å². The molecule has 3 aromatic rings. The summed E-state index contributed by atoms with van der Waals surface area (Å²) in [5, 5.41) is 6.81. The summed E-state index contributed by atoms with van der Waals surface area (Å²) < 4.78 is 40.1. The van der Waals surface area contributed by atoms with Crippen LogP contribution in [0.15, 0.2) is 58.3 Å². The van der Waals surface area contributed by atoms with Crippen molar-refractivity contribution in [2.24, 2.45) is 0 Å². The van der Waals surface area contributed by atoms with Crippen LogP contribution in [0.5, 0.6) is 0 Å². The average Bonchev–Trinajstić information content (AvgIpc) is 3.17. The number of hydrogen-bond donors (Lipinski definition) is 1. The number of hydrogen-bond acceptors (Lipinski definition) is 4. The number of halogens is 2. The van der Waals surface area contributed by atoms with Crippen molar-refractivity contribution in [1.29, 1.82) is 0 Å². The van der Waals surface area contributed by atoms with Crippen LogP contribution >= 0.6 is 23.7 Å². The largest absolute Gasteiger partial charge is 0.316 e. The third-order valence-electron chi connectivity index (χ3n) is 3.41. The average molecular weight is 387 g/mol. The number of aromatic nitrogens is 1. The first-order chi connectivity index (χ1) is 11.0. The Morgan fingerprint density at radius 3 is 2.50 bits per heavy atom. The Labute approximate surface area is 150 Å². The van der Waals surface area contributed by atoms with Gasteiger partial charge in [-0.3, -0.25) is 0 Å². The maximum absolute atomic E-state index is 13.1. The summed E-state index contributed by atoms with van der Waals surface area (Å²) in [5.41, 5.74) is 2.29. The Morgan fingerprint density at radius 1 is 1.21 bits per heavy atom. The molecular formula is C16H16ClFN2O2S2. The number of nitrogens with zero attached hydrogens (tertiary/aromatic N) is 1. The Morgan fingerprint density at radius 2 is 1.92 bits per heavy atom. The second-order valence-electron chi connectivity index (χ2n) is 5.03. The highest BCUT2D eigenvalue weighted by atomic mass is 35.5. The third-order valence-corrected chi connectivity index (χ3v) is 5.78. The van der Waals surface area contributed by atoms with Crippen LogP contribution in [0, 0.1) is 5.82 Å². The molecule has 24 heavy (non-hydrogen) atoms. The molecule has 2 heterocycles. The van der Waals surface area contributed by atoms with E-state index in [1.807, 2.05) is 22.9 Å². The fraction of sp³-hybridized carbons (Fsp3) is 0.125. The van der Waals surface area contributed by atoms with Crippen molar-refractivity contribution in [1.82, 2.24) is 9.29 Å². The van der Waals surface area contributed by atoms with E-state index in [9.17, 15) is 12.8 Å².